The van der Waals surface area contributed by atoms with E-state index in [-0.39, 0.29) is 30.0 Å². The number of carbonyl (C=O) groups excluding carboxylic acids is 5. The molecule has 0 spiro atoms. The van der Waals surface area contributed by atoms with Gasteiger partial charge in [-0.25, -0.2) is 14.4 Å². The number of alkyl halides is 3. The first-order valence-electron chi connectivity index (χ1n) is 15.5. The van der Waals surface area contributed by atoms with E-state index >= 15 is 0 Å². The summed E-state index contributed by atoms with van der Waals surface area (Å²) in [6.45, 7) is 4.85. The third-order valence-corrected chi connectivity index (χ3v) is 9.09. The molecule has 2 N–H and O–H groups in total. The Morgan fingerprint density at radius 2 is 1.54 bits per heavy atom. The van der Waals surface area contributed by atoms with E-state index in [0.29, 0.717) is 24.0 Å². The minimum absolute atomic E-state index is 0.0127. The molecule has 50 heavy (non-hydrogen) atoms. The molecule has 2 aliphatic rings. The van der Waals surface area contributed by atoms with Crippen LogP contribution in [0.15, 0.2) is 71.9 Å². The van der Waals surface area contributed by atoms with E-state index in [0.717, 1.165) is 4.90 Å². The number of esters is 1. The van der Waals surface area contributed by atoms with Crippen molar-refractivity contribution in [1.29, 1.82) is 0 Å². The second kappa shape index (κ2) is 16.9. The van der Waals surface area contributed by atoms with Crippen LogP contribution in [-0.2, 0) is 44.1 Å². The topological polar surface area (TPSA) is 167 Å². The highest BCUT2D eigenvalue weighted by atomic mass is 35.6. The number of carbonyl (C=O) groups is 5. The van der Waals surface area contributed by atoms with E-state index in [9.17, 15) is 28.2 Å². The molecule has 1 saturated heterocycles. The number of benzene rings is 2. The van der Waals surface area contributed by atoms with E-state index < -0.39 is 74.5 Å². The third kappa shape index (κ3) is 10.8. The van der Waals surface area contributed by atoms with Crippen molar-refractivity contribution in [2.75, 3.05) is 18.9 Å². The van der Waals surface area contributed by atoms with Crippen LogP contribution >= 0.6 is 34.8 Å². The number of ether oxygens (including phenoxy) is 4. The highest BCUT2D eigenvalue weighted by Crippen LogP contribution is 2.37. The van der Waals surface area contributed by atoms with E-state index in [1.165, 1.54) is 0 Å². The quantitative estimate of drug-likeness (QED) is 0.0967. The van der Waals surface area contributed by atoms with Crippen molar-refractivity contribution in [3.8, 4) is 0 Å². The first-order chi connectivity index (χ1) is 23.5. The largest absolute Gasteiger partial charge is 0.512 e. The molecule has 2 aromatic carbocycles. The van der Waals surface area contributed by atoms with Crippen molar-refractivity contribution in [1.82, 2.24) is 15.5 Å². The SMILES string of the molecule is CC(C)(C)OC(=O)NCCCCC(=O)N[C@@H]1C(=O)N2C(C(=O)OC(c3ccccc3)c3ccccc3)=C(COC(=O)OC(Cl)(Cl)Cl)CS(=O)C12. The Hall–Kier alpha value is -3.85. The van der Waals surface area contributed by atoms with E-state index in [1.807, 2.05) is 0 Å². The first kappa shape index (κ1) is 38.9. The second-order valence-corrected chi connectivity index (χ2v) is 15.9. The average Bonchev–Trinajstić information content (AvgIpc) is 3.03. The lowest BCUT2D eigenvalue weighted by Gasteiger charge is -2.49. The fraction of sp³-hybridized carbons (Fsp3) is 0.424. The number of β-lactam (4-membered cyclic amide) rings is 1. The zero-order valence-corrected chi connectivity index (χ0v) is 30.4. The minimum Gasteiger partial charge on any atom is -0.448 e. The van der Waals surface area contributed by atoms with Crippen LogP contribution in [0.2, 0.25) is 0 Å². The van der Waals surface area contributed by atoms with E-state index in [2.05, 4.69) is 15.4 Å². The molecule has 0 saturated carbocycles. The normalized spacial score (nSPS) is 18.8. The van der Waals surface area contributed by atoms with Gasteiger partial charge in [0.25, 0.3) is 5.91 Å². The van der Waals surface area contributed by atoms with Gasteiger partial charge < -0.3 is 29.6 Å². The van der Waals surface area contributed by atoms with Gasteiger partial charge in [-0.2, -0.15) is 0 Å². The summed E-state index contributed by atoms with van der Waals surface area (Å²) in [7, 11) is -1.85. The van der Waals surface area contributed by atoms with Gasteiger partial charge in [0, 0.05) is 18.5 Å². The molecular formula is C33H36Cl3N3O10S. The number of halogens is 3. The highest BCUT2D eigenvalue weighted by Gasteiger charge is 2.57. The number of amides is 3. The van der Waals surface area contributed by atoms with Crippen LogP contribution < -0.4 is 10.6 Å². The van der Waals surface area contributed by atoms with Crippen LogP contribution in [0, 0.1) is 0 Å². The molecule has 3 amide bonds. The molecule has 13 nitrogen and oxygen atoms in total. The lowest BCUT2D eigenvalue weighted by atomic mass is 10.0. The van der Waals surface area contributed by atoms with E-state index in [1.54, 1.807) is 81.4 Å². The predicted octanol–water partition coefficient (Wildman–Crippen LogP) is 5.16. The first-order valence-corrected chi connectivity index (χ1v) is 18.0. The molecule has 3 atom stereocenters. The molecule has 2 aromatic rings. The Kier molecular flexibility index (Phi) is 13.2. The summed E-state index contributed by atoms with van der Waals surface area (Å²) < 4.78 is 31.8. The summed E-state index contributed by atoms with van der Waals surface area (Å²) >= 11 is 16.5. The van der Waals surface area contributed by atoms with Gasteiger partial charge in [0.05, 0.1) is 16.6 Å². The number of nitrogens with zero attached hydrogens (tertiary/aromatic N) is 1. The minimum atomic E-state index is -2.43. The van der Waals surface area contributed by atoms with Crippen LogP contribution in [0.1, 0.15) is 57.3 Å². The van der Waals surface area contributed by atoms with Crippen LogP contribution in [0.4, 0.5) is 9.59 Å². The summed E-state index contributed by atoms with van der Waals surface area (Å²) in [5, 5.41) is 4.11. The fourth-order valence-electron chi connectivity index (χ4n) is 5.13. The van der Waals surface area contributed by atoms with Crippen LogP contribution in [0.3, 0.4) is 0 Å². The maximum atomic E-state index is 14.0. The molecule has 2 unspecified atom stereocenters. The smallest absolute Gasteiger partial charge is 0.448 e. The molecule has 2 heterocycles. The van der Waals surface area contributed by atoms with Gasteiger partial charge >= 0.3 is 22.2 Å². The Morgan fingerprint density at radius 1 is 0.940 bits per heavy atom. The molecule has 0 aliphatic carbocycles. The predicted molar refractivity (Wildman–Crippen MR) is 184 cm³/mol. The number of rotatable bonds is 12. The zero-order chi connectivity index (χ0) is 36.6. The molecule has 17 heteroatoms. The van der Waals surface area contributed by atoms with Crippen molar-refractivity contribution < 1.29 is 47.1 Å². The van der Waals surface area contributed by atoms with Gasteiger partial charge in [-0.15, -0.1) is 0 Å². The summed E-state index contributed by atoms with van der Waals surface area (Å²) in [5.41, 5.74) is 0.316. The number of hydrogen-bond acceptors (Lipinski definition) is 10. The maximum absolute atomic E-state index is 14.0. The molecule has 2 aliphatic heterocycles. The number of unbranched alkanes of at least 4 members (excludes halogenated alkanes) is 1. The third-order valence-electron chi connectivity index (χ3n) is 7.21. The lowest BCUT2D eigenvalue weighted by Crippen LogP contribution is -2.73. The highest BCUT2D eigenvalue weighted by molar-refractivity contribution is 7.86. The molecule has 1 fully saturated rings. The monoisotopic (exact) mass is 771 g/mol. The van der Waals surface area contributed by atoms with Crippen molar-refractivity contribution in [2.45, 2.75) is 67.1 Å². The average molecular weight is 773 g/mol. The Morgan fingerprint density at radius 3 is 2.10 bits per heavy atom. The van der Waals surface area contributed by atoms with Crippen molar-refractivity contribution in [2.24, 2.45) is 0 Å². The van der Waals surface area contributed by atoms with Gasteiger partial charge in [0.1, 0.15) is 29.3 Å². The van der Waals surface area contributed by atoms with Crippen molar-refractivity contribution >= 4 is 75.6 Å². The van der Waals surface area contributed by atoms with Gasteiger partial charge in [-0.1, -0.05) is 60.7 Å². The van der Waals surface area contributed by atoms with Crippen LogP contribution in [-0.4, -0.2) is 79.0 Å². The van der Waals surface area contributed by atoms with Crippen molar-refractivity contribution in [3.05, 3.63) is 83.1 Å². The summed E-state index contributed by atoms with van der Waals surface area (Å²) in [6.07, 6.45) is -2.02. The van der Waals surface area contributed by atoms with Gasteiger partial charge in [0.2, 0.25) is 5.91 Å². The van der Waals surface area contributed by atoms with Gasteiger partial charge in [-0.3, -0.25) is 18.7 Å². The number of nitrogens with one attached hydrogen (secondary N) is 2. The van der Waals surface area contributed by atoms with Gasteiger partial charge in [0.15, 0.2) is 6.10 Å². The van der Waals surface area contributed by atoms with E-state index in [4.69, 9.17) is 49.0 Å². The Bertz CT molecular complexity index is 1590. The molecule has 0 radical (unpaired) electrons. The number of fused-ring (bicyclic) bond motifs is 1. The lowest BCUT2D eigenvalue weighted by molar-refractivity contribution is -0.155. The van der Waals surface area contributed by atoms with Crippen LogP contribution in [0.25, 0.3) is 0 Å². The molecule has 0 aromatic heterocycles. The Labute approximate surface area is 306 Å². The Balaban J connectivity index is 1.50. The molecular weight excluding hydrogens is 737 g/mol. The summed E-state index contributed by atoms with van der Waals surface area (Å²) in [4.78, 5) is 65.3. The van der Waals surface area contributed by atoms with Crippen molar-refractivity contribution in [3.63, 3.8) is 0 Å². The maximum Gasteiger partial charge on any atom is 0.512 e. The number of alkyl carbamates (subject to hydrolysis) is 1. The zero-order valence-electron chi connectivity index (χ0n) is 27.3. The van der Waals surface area contributed by atoms with Gasteiger partial charge in [-0.05, 0) is 79.5 Å². The summed E-state index contributed by atoms with van der Waals surface area (Å²) in [5.74, 6) is -2.48. The standard InChI is InChI=1S/C33H36Cl3N3O10S/c1-32(2,3)48-30(43)37-17-11-10-16-23(40)38-24-27(41)39-25(22(19-50(45)28(24)39)18-46-31(44)49-33(34,35)36)29(42)47-26(20-12-6-4-7-13-20)21-14-8-5-9-15-21/h4-9,12-15,24,26,28H,10-11,16-19H2,1-3H3,(H,37,43)(H,38,40)/t24-,28?,50?/m1/s1. The number of hydrogen-bond donors (Lipinski definition) is 2. The van der Waals surface area contributed by atoms with Crippen LogP contribution in [0.5, 0.6) is 0 Å². The molecule has 270 valence electrons. The fourth-order valence-corrected chi connectivity index (χ4v) is 6.99. The second-order valence-electron chi connectivity index (χ2n) is 12.2. The molecule has 4 rings (SSSR count). The molecule has 0 bridgehead atoms. The summed E-state index contributed by atoms with van der Waals surface area (Å²) in [6, 6.07) is 16.6.